The zero-order valence-electron chi connectivity index (χ0n) is 12.8. The van der Waals surface area contributed by atoms with Crippen LogP contribution >= 0.6 is 0 Å². The number of carboxylic acids is 1. The molecule has 0 atom stereocenters. The number of aromatic amines is 1. The molecule has 0 aliphatic rings. The summed E-state index contributed by atoms with van der Waals surface area (Å²) in [6, 6.07) is 5.35. The summed E-state index contributed by atoms with van der Waals surface area (Å²) in [6.45, 7) is 3.94. The third kappa shape index (κ3) is 3.85. The van der Waals surface area contributed by atoms with Gasteiger partial charge in [-0.15, -0.1) is 0 Å². The van der Waals surface area contributed by atoms with Crippen LogP contribution in [0.1, 0.15) is 18.9 Å². The summed E-state index contributed by atoms with van der Waals surface area (Å²) in [5.74, 6) is -1.56. The van der Waals surface area contributed by atoms with Crippen molar-refractivity contribution < 1.29 is 19.4 Å². The van der Waals surface area contributed by atoms with E-state index in [1.165, 1.54) is 0 Å². The van der Waals surface area contributed by atoms with Crippen LogP contribution in [0.25, 0.3) is 10.9 Å². The lowest BCUT2D eigenvalue weighted by molar-refractivity contribution is -0.145. The van der Waals surface area contributed by atoms with Crippen LogP contribution in [0.15, 0.2) is 24.4 Å². The van der Waals surface area contributed by atoms with Crippen molar-refractivity contribution >= 4 is 22.8 Å². The molecule has 2 aromatic rings. The number of carbonyl (C=O) groups is 2. The fraction of sp³-hybridized carbons (Fsp3) is 0.375. The molecule has 0 spiro atoms. The van der Waals surface area contributed by atoms with Crippen LogP contribution in [0.5, 0.6) is 5.75 Å². The molecule has 118 valence electrons. The molecule has 22 heavy (non-hydrogen) atoms. The zero-order valence-corrected chi connectivity index (χ0v) is 12.8. The molecule has 1 aromatic heterocycles. The fourth-order valence-electron chi connectivity index (χ4n) is 2.25. The number of carboxylic acid groups (broad SMARTS) is 1. The number of nitrogens with one attached hydrogen (secondary N) is 1. The van der Waals surface area contributed by atoms with Gasteiger partial charge >= 0.3 is 11.9 Å². The monoisotopic (exact) mass is 304 g/mol. The number of rotatable bonds is 7. The molecule has 0 saturated carbocycles. The van der Waals surface area contributed by atoms with E-state index in [0.717, 1.165) is 36.0 Å². The molecule has 0 aliphatic carbocycles. The highest BCUT2D eigenvalue weighted by Gasteiger charge is 2.15. The van der Waals surface area contributed by atoms with Crippen molar-refractivity contribution in [3.8, 4) is 5.75 Å². The molecule has 0 bridgehead atoms. The first kappa shape index (κ1) is 16.0. The Bertz CT molecular complexity index is 678. The number of aromatic nitrogens is 1. The lowest BCUT2D eigenvalue weighted by Crippen LogP contribution is -2.20. The highest BCUT2D eigenvalue weighted by molar-refractivity contribution is 5.95. The molecule has 0 aliphatic heterocycles. The van der Waals surface area contributed by atoms with Gasteiger partial charge in [-0.1, -0.05) is 13.0 Å². The lowest BCUT2D eigenvalue weighted by atomic mass is 10.1. The average molecular weight is 304 g/mol. The Morgan fingerprint density at radius 3 is 2.82 bits per heavy atom. The standard InChI is InChI=1S/C16H20N2O4/c1-3-18(2)8-7-11-10-17-12-5-4-6-13(16(11)12)22-15(21)9-14(19)20/h4-6,10,17H,3,7-9H2,1-2H3,(H,19,20). The Morgan fingerprint density at radius 2 is 2.14 bits per heavy atom. The second kappa shape index (κ2) is 7.09. The molecule has 2 rings (SSSR count). The topological polar surface area (TPSA) is 82.6 Å². The molecule has 0 amide bonds. The number of H-pyrrole nitrogens is 1. The van der Waals surface area contributed by atoms with Crippen molar-refractivity contribution in [2.75, 3.05) is 20.1 Å². The molecule has 0 fully saturated rings. The average Bonchev–Trinajstić information content (AvgIpc) is 2.88. The zero-order chi connectivity index (χ0) is 16.1. The largest absolute Gasteiger partial charge is 0.481 e. The van der Waals surface area contributed by atoms with Crippen LogP contribution in [-0.4, -0.2) is 47.1 Å². The van der Waals surface area contributed by atoms with Crippen LogP contribution in [-0.2, 0) is 16.0 Å². The normalized spacial score (nSPS) is 11.0. The maximum absolute atomic E-state index is 11.6. The van der Waals surface area contributed by atoms with Gasteiger partial charge in [-0.2, -0.15) is 0 Å². The van der Waals surface area contributed by atoms with Crippen molar-refractivity contribution in [1.29, 1.82) is 0 Å². The van der Waals surface area contributed by atoms with Gasteiger partial charge < -0.3 is 19.7 Å². The molecule has 6 nitrogen and oxygen atoms in total. The van der Waals surface area contributed by atoms with Crippen molar-refractivity contribution in [1.82, 2.24) is 9.88 Å². The molecule has 1 heterocycles. The van der Waals surface area contributed by atoms with E-state index in [0.29, 0.717) is 5.75 Å². The van der Waals surface area contributed by atoms with Crippen LogP contribution in [0.4, 0.5) is 0 Å². The number of fused-ring (bicyclic) bond motifs is 1. The number of esters is 1. The molecule has 2 N–H and O–H groups in total. The number of likely N-dealkylation sites (N-methyl/N-ethyl adjacent to an activating group) is 1. The second-order valence-corrected chi connectivity index (χ2v) is 5.18. The quantitative estimate of drug-likeness (QED) is 0.465. The van der Waals surface area contributed by atoms with Crippen molar-refractivity contribution in [3.05, 3.63) is 30.0 Å². The highest BCUT2D eigenvalue weighted by atomic mass is 16.5. The molecular weight excluding hydrogens is 284 g/mol. The predicted molar refractivity (Wildman–Crippen MR) is 83.1 cm³/mol. The number of hydrogen-bond acceptors (Lipinski definition) is 4. The van der Waals surface area contributed by atoms with E-state index in [-0.39, 0.29) is 0 Å². The van der Waals surface area contributed by atoms with Gasteiger partial charge in [-0.25, -0.2) is 0 Å². The molecule has 1 aromatic carbocycles. The summed E-state index contributed by atoms with van der Waals surface area (Å²) in [5, 5.41) is 9.49. The molecular formula is C16H20N2O4. The summed E-state index contributed by atoms with van der Waals surface area (Å²) < 4.78 is 5.22. The highest BCUT2D eigenvalue weighted by Crippen LogP contribution is 2.29. The Hall–Kier alpha value is -2.34. The minimum absolute atomic E-state index is 0.402. The Morgan fingerprint density at radius 1 is 1.36 bits per heavy atom. The number of nitrogens with zero attached hydrogens (tertiary/aromatic N) is 1. The minimum Gasteiger partial charge on any atom is -0.481 e. The van der Waals surface area contributed by atoms with Gasteiger partial charge in [0.05, 0.1) is 0 Å². The van der Waals surface area contributed by atoms with Crippen molar-refractivity contribution in [2.45, 2.75) is 19.8 Å². The minimum atomic E-state index is -1.20. The van der Waals surface area contributed by atoms with Gasteiger partial charge in [0.15, 0.2) is 0 Å². The second-order valence-electron chi connectivity index (χ2n) is 5.18. The van der Waals surface area contributed by atoms with Crippen molar-refractivity contribution in [3.63, 3.8) is 0 Å². The Balaban J connectivity index is 2.24. The summed E-state index contributed by atoms with van der Waals surface area (Å²) in [4.78, 5) is 27.5. The van der Waals surface area contributed by atoms with E-state index in [9.17, 15) is 9.59 Å². The van der Waals surface area contributed by atoms with E-state index in [1.54, 1.807) is 12.1 Å². The first-order valence-electron chi connectivity index (χ1n) is 7.21. The molecule has 0 radical (unpaired) electrons. The van der Waals surface area contributed by atoms with Gasteiger partial charge in [-0.05, 0) is 37.7 Å². The molecule has 0 unspecified atom stereocenters. The van der Waals surface area contributed by atoms with E-state index >= 15 is 0 Å². The third-order valence-corrected chi connectivity index (χ3v) is 3.57. The van der Waals surface area contributed by atoms with Gasteiger partial charge in [0, 0.05) is 23.6 Å². The first-order valence-corrected chi connectivity index (χ1v) is 7.21. The van der Waals surface area contributed by atoms with Crippen molar-refractivity contribution in [2.24, 2.45) is 0 Å². The first-order chi connectivity index (χ1) is 10.5. The summed E-state index contributed by atoms with van der Waals surface area (Å²) in [7, 11) is 2.04. The van der Waals surface area contributed by atoms with E-state index in [2.05, 4.69) is 16.8 Å². The predicted octanol–water partition coefficient (Wildman–Crippen LogP) is 2.04. The SMILES string of the molecule is CCN(C)CCc1c[nH]c2cccc(OC(=O)CC(=O)O)c12. The Labute approximate surface area is 128 Å². The Kier molecular flexibility index (Phi) is 5.16. The number of carbonyl (C=O) groups excluding carboxylic acids is 1. The van der Waals surface area contributed by atoms with Gasteiger partial charge in [0.2, 0.25) is 0 Å². The third-order valence-electron chi connectivity index (χ3n) is 3.57. The number of benzene rings is 1. The fourth-order valence-corrected chi connectivity index (χ4v) is 2.25. The van der Waals surface area contributed by atoms with Crippen LogP contribution in [0, 0.1) is 0 Å². The van der Waals surface area contributed by atoms with Crippen LogP contribution in [0.2, 0.25) is 0 Å². The number of aliphatic carboxylic acids is 1. The van der Waals surface area contributed by atoms with E-state index < -0.39 is 18.4 Å². The van der Waals surface area contributed by atoms with E-state index in [4.69, 9.17) is 9.84 Å². The van der Waals surface area contributed by atoms with E-state index in [1.807, 2.05) is 19.3 Å². The number of ether oxygens (including phenoxy) is 1. The summed E-state index contributed by atoms with van der Waals surface area (Å²) >= 11 is 0. The molecule has 0 saturated heterocycles. The lowest BCUT2D eigenvalue weighted by Gasteiger charge is -2.13. The maximum Gasteiger partial charge on any atom is 0.322 e. The van der Waals surface area contributed by atoms with Gasteiger partial charge in [-0.3, -0.25) is 9.59 Å². The summed E-state index contributed by atoms with van der Waals surface area (Å²) in [6.07, 6.45) is 2.08. The van der Waals surface area contributed by atoms with Crippen LogP contribution in [0.3, 0.4) is 0 Å². The molecule has 6 heteroatoms. The smallest absolute Gasteiger partial charge is 0.322 e. The van der Waals surface area contributed by atoms with Gasteiger partial charge in [0.1, 0.15) is 12.2 Å². The number of hydrogen-bond donors (Lipinski definition) is 2. The van der Waals surface area contributed by atoms with Gasteiger partial charge in [0.25, 0.3) is 0 Å². The maximum atomic E-state index is 11.6. The summed E-state index contributed by atoms with van der Waals surface area (Å²) in [5.41, 5.74) is 1.92. The van der Waals surface area contributed by atoms with Crippen LogP contribution < -0.4 is 4.74 Å².